The van der Waals surface area contributed by atoms with Gasteiger partial charge in [-0.15, -0.1) is 0 Å². The fourth-order valence-corrected chi connectivity index (χ4v) is 0.884. The molecule has 0 radical (unpaired) electrons. The summed E-state index contributed by atoms with van der Waals surface area (Å²) in [6, 6.07) is 0.688. The Kier molecular flexibility index (Phi) is 1.99. The van der Waals surface area contributed by atoms with Gasteiger partial charge in [0.2, 0.25) is 0 Å². The number of hydrogen-bond acceptors (Lipinski definition) is 2. The lowest BCUT2D eigenvalue weighted by molar-refractivity contribution is -0.141. The number of hydrogen-bond donors (Lipinski definition) is 0. The lowest BCUT2D eigenvalue weighted by atomic mass is 10.4. The van der Waals surface area contributed by atoms with E-state index < -0.39 is 11.9 Å². The van der Waals surface area contributed by atoms with Crippen molar-refractivity contribution in [3.63, 3.8) is 0 Å². The molecule has 0 spiro atoms. The molecule has 0 aliphatic rings. The third-order valence-corrected chi connectivity index (χ3v) is 1.65. The first-order valence-electron chi connectivity index (χ1n) is 2.41. The van der Waals surface area contributed by atoms with Crippen LogP contribution in [0.5, 0.6) is 0 Å². The largest absolute Gasteiger partial charge is 0.790 e. The van der Waals surface area contributed by atoms with Crippen molar-refractivity contribution in [2.24, 2.45) is 0 Å². The molecule has 62 valence electrons. The van der Waals surface area contributed by atoms with Gasteiger partial charge in [0.05, 0.1) is 3.70 Å². The number of aromatic nitrogens is 2. The van der Waals surface area contributed by atoms with Crippen LogP contribution < -0.4 is 0 Å². The minimum Gasteiger partial charge on any atom is -0.790 e. The van der Waals surface area contributed by atoms with Gasteiger partial charge in [0, 0.05) is 6.07 Å². The third-order valence-electron chi connectivity index (χ3n) is 0.928. The summed E-state index contributed by atoms with van der Waals surface area (Å²) in [5.41, 5.74) is -1.16. The van der Waals surface area contributed by atoms with Crippen LogP contribution in [0.2, 0.25) is 0 Å². The van der Waals surface area contributed by atoms with Crippen LogP contribution in [0.1, 0.15) is 5.69 Å². The van der Waals surface area contributed by atoms with Crippen LogP contribution in [0, 0.1) is 8.91 Å². The van der Waals surface area contributed by atoms with Crippen LogP contribution in [0.15, 0.2) is 6.07 Å². The molecular weight excluding hydrogens is 276 g/mol. The molecule has 7 heteroatoms. The van der Waals surface area contributed by atoms with Crippen LogP contribution in [0.25, 0.3) is 0 Å². The highest BCUT2D eigenvalue weighted by Crippen LogP contribution is 2.28. The van der Waals surface area contributed by atoms with E-state index in [4.69, 9.17) is 0 Å². The van der Waals surface area contributed by atoms with E-state index in [1.807, 2.05) is 0 Å². The zero-order chi connectivity index (χ0) is 8.65. The molecular formula is C4HF3IN2O-. The van der Waals surface area contributed by atoms with Gasteiger partial charge in [-0.1, -0.05) is 0 Å². The van der Waals surface area contributed by atoms with E-state index in [-0.39, 0.29) is 8.55 Å². The fraction of sp³-hybridized carbons (Fsp3) is 0.250. The van der Waals surface area contributed by atoms with Gasteiger partial charge in [0.25, 0.3) is 0 Å². The Hall–Kier alpha value is -0.470. The number of halogens is 4. The fourth-order valence-electron chi connectivity index (χ4n) is 0.481. The van der Waals surface area contributed by atoms with Crippen molar-refractivity contribution in [1.82, 2.24) is 9.94 Å². The van der Waals surface area contributed by atoms with Gasteiger partial charge in [-0.3, -0.25) is 4.85 Å². The topological polar surface area (TPSA) is 40.9 Å². The molecule has 0 atom stereocenters. The smallest absolute Gasteiger partial charge is 0.435 e. The lowest BCUT2D eigenvalue weighted by Gasteiger charge is -2.04. The van der Waals surface area contributed by atoms with Crippen LogP contribution in [0.3, 0.4) is 0 Å². The quantitative estimate of drug-likeness (QED) is 0.679. The molecule has 0 amide bonds. The van der Waals surface area contributed by atoms with Crippen LogP contribution in [-0.4, -0.2) is 9.94 Å². The highest BCUT2D eigenvalue weighted by molar-refractivity contribution is 14.1. The molecule has 0 fully saturated rings. The summed E-state index contributed by atoms with van der Waals surface area (Å²) in [4.78, 5) is -0.0661. The molecule has 0 saturated heterocycles. The first-order valence-corrected chi connectivity index (χ1v) is 3.49. The van der Waals surface area contributed by atoms with Gasteiger partial charge >= 0.3 is 6.18 Å². The molecule has 1 aromatic rings. The number of alkyl halides is 3. The lowest BCUT2D eigenvalue weighted by Crippen LogP contribution is -2.06. The Morgan fingerprint density at radius 3 is 2.27 bits per heavy atom. The van der Waals surface area contributed by atoms with E-state index in [9.17, 15) is 18.4 Å². The summed E-state index contributed by atoms with van der Waals surface area (Å²) in [5, 5.41) is 13.1. The minimum atomic E-state index is -4.53. The SMILES string of the molecule is [O-]n1nc(C(F)(F)F)cc1I. The van der Waals surface area contributed by atoms with Crippen molar-refractivity contribution in [3.8, 4) is 0 Å². The van der Waals surface area contributed by atoms with Crippen molar-refractivity contribution >= 4 is 22.6 Å². The molecule has 0 aliphatic carbocycles. The standard InChI is InChI=1S/C4HF3IN2O/c5-4(6,7)2-1-3(8)10(11)9-2/h1H/q-1. The first kappa shape index (κ1) is 8.62. The maximum Gasteiger partial charge on any atom is 0.435 e. The summed E-state index contributed by atoms with van der Waals surface area (Å²) in [5.74, 6) is 0. The molecule has 0 saturated carbocycles. The zero-order valence-electron chi connectivity index (χ0n) is 4.89. The predicted molar refractivity (Wildman–Crippen MR) is 38.7 cm³/mol. The molecule has 0 bridgehead atoms. The average Bonchev–Trinajstić information content (AvgIpc) is 2.11. The molecule has 1 rings (SSSR count). The van der Waals surface area contributed by atoms with E-state index in [1.54, 1.807) is 0 Å². The summed E-state index contributed by atoms with van der Waals surface area (Å²) >= 11 is 1.47. The summed E-state index contributed by atoms with van der Waals surface area (Å²) < 4.78 is 35.2. The normalized spacial score (nSPS) is 12.0. The second-order valence-electron chi connectivity index (χ2n) is 1.72. The van der Waals surface area contributed by atoms with Crippen molar-refractivity contribution < 1.29 is 13.2 Å². The van der Waals surface area contributed by atoms with E-state index in [0.717, 1.165) is 0 Å². The van der Waals surface area contributed by atoms with Gasteiger partial charge in [-0.2, -0.15) is 18.3 Å². The molecule has 0 aliphatic heterocycles. The summed E-state index contributed by atoms with van der Waals surface area (Å²) in [7, 11) is 0. The van der Waals surface area contributed by atoms with Gasteiger partial charge in [0.15, 0.2) is 5.69 Å². The van der Waals surface area contributed by atoms with Gasteiger partial charge in [-0.25, -0.2) is 0 Å². The van der Waals surface area contributed by atoms with E-state index >= 15 is 0 Å². The van der Waals surface area contributed by atoms with E-state index in [0.29, 0.717) is 6.07 Å². The number of nitrogens with zero attached hydrogens (tertiary/aromatic N) is 2. The third kappa shape index (κ3) is 1.76. The Morgan fingerprint density at radius 2 is 2.09 bits per heavy atom. The average molecular weight is 277 g/mol. The highest BCUT2D eigenvalue weighted by Gasteiger charge is 2.33. The maximum atomic E-state index is 11.8. The molecule has 0 N–H and O–H groups in total. The molecule has 1 aromatic heterocycles. The summed E-state index contributed by atoms with van der Waals surface area (Å²) in [6.45, 7) is 0. The molecule has 0 unspecified atom stereocenters. The van der Waals surface area contributed by atoms with Gasteiger partial charge in [-0.05, 0) is 22.6 Å². The van der Waals surface area contributed by atoms with Gasteiger partial charge in [0.1, 0.15) is 0 Å². The predicted octanol–water partition coefficient (Wildman–Crippen LogP) is 1.85. The van der Waals surface area contributed by atoms with Crippen LogP contribution in [0.4, 0.5) is 13.2 Å². The molecule has 3 nitrogen and oxygen atoms in total. The molecule has 11 heavy (non-hydrogen) atoms. The Morgan fingerprint density at radius 1 is 1.55 bits per heavy atom. The second kappa shape index (κ2) is 2.54. The monoisotopic (exact) mass is 277 g/mol. The minimum absolute atomic E-state index is 0.0661. The molecule has 1 heterocycles. The van der Waals surface area contributed by atoms with E-state index in [2.05, 4.69) is 5.10 Å². The van der Waals surface area contributed by atoms with E-state index in [1.165, 1.54) is 22.6 Å². The van der Waals surface area contributed by atoms with Crippen molar-refractivity contribution in [1.29, 1.82) is 0 Å². The van der Waals surface area contributed by atoms with Crippen molar-refractivity contribution in [2.75, 3.05) is 0 Å². The van der Waals surface area contributed by atoms with Crippen LogP contribution in [-0.2, 0) is 6.18 Å². The van der Waals surface area contributed by atoms with Crippen LogP contribution >= 0.6 is 22.6 Å². The summed E-state index contributed by atoms with van der Waals surface area (Å²) in [6.07, 6.45) is -4.53. The molecule has 0 aromatic carbocycles. The Labute approximate surface area is 72.9 Å². The Bertz CT molecular complexity index is 249. The van der Waals surface area contributed by atoms with Crippen molar-refractivity contribution in [3.05, 3.63) is 20.7 Å². The first-order chi connectivity index (χ1) is 4.91. The Balaban J connectivity index is 3.08. The second-order valence-corrected chi connectivity index (χ2v) is 2.83. The maximum absolute atomic E-state index is 11.8. The zero-order valence-corrected chi connectivity index (χ0v) is 7.05. The number of rotatable bonds is 0. The van der Waals surface area contributed by atoms with Gasteiger partial charge < -0.3 is 5.21 Å². The highest BCUT2D eigenvalue weighted by atomic mass is 127. The van der Waals surface area contributed by atoms with Crippen molar-refractivity contribution in [2.45, 2.75) is 6.18 Å².